The number of pyridine rings is 1. The zero-order valence-electron chi connectivity index (χ0n) is 15.6. The Kier molecular flexibility index (Phi) is 4.88. The largest absolute Gasteiger partial charge is 0.419 e. The van der Waals surface area contributed by atoms with Gasteiger partial charge in [0, 0.05) is 26.0 Å². The van der Waals surface area contributed by atoms with Gasteiger partial charge in [0.1, 0.15) is 0 Å². The first kappa shape index (κ1) is 20.1. The summed E-state index contributed by atoms with van der Waals surface area (Å²) in [6.45, 7) is -0.338. The van der Waals surface area contributed by atoms with Crippen molar-refractivity contribution in [3.63, 3.8) is 0 Å². The molecular weight excluding hydrogens is 434 g/mol. The lowest BCUT2D eigenvalue weighted by Crippen LogP contribution is -2.31. The predicted octanol–water partition coefficient (Wildman–Crippen LogP) is 0.499. The smallest absolute Gasteiger partial charge is 0.408 e. The van der Waals surface area contributed by atoms with Crippen LogP contribution in [-0.4, -0.2) is 43.3 Å². The van der Waals surface area contributed by atoms with Crippen LogP contribution in [-0.2, 0) is 27.1 Å². The molecule has 4 aromatic rings. The second-order valence-electron chi connectivity index (χ2n) is 6.49. The molecular formula is C17H17N5O6S2. The van der Waals surface area contributed by atoms with Gasteiger partial charge in [-0.25, -0.2) is 30.9 Å². The Bertz CT molecular complexity index is 1520. The average molecular weight is 451 g/mol. The molecule has 0 amide bonds. The van der Waals surface area contributed by atoms with E-state index in [0.717, 1.165) is 0 Å². The predicted molar refractivity (Wildman–Crippen MR) is 109 cm³/mol. The van der Waals surface area contributed by atoms with Crippen molar-refractivity contribution in [1.82, 2.24) is 18.9 Å². The normalized spacial score (nSPS) is 12.6. The molecule has 0 bridgehead atoms. The molecule has 0 aliphatic rings. The third kappa shape index (κ3) is 3.94. The lowest BCUT2D eigenvalue weighted by atomic mass is 10.3. The molecule has 2 N–H and O–H groups in total. The van der Waals surface area contributed by atoms with Gasteiger partial charge < -0.3 is 4.42 Å². The number of hydrogen-bond donors (Lipinski definition) is 2. The van der Waals surface area contributed by atoms with Crippen LogP contribution in [0.5, 0.6) is 0 Å². The Morgan fingerprint density at radius 3 is 2.70 bits per heavy atom. The molecule has 0 aliphatic heterocycles. The summed E-state index contributed by atoms with van der Waals surface area (Å²) in [5, 5.41) is 4.03. The van der Waals surface area contributed by atoms with E-state index in [1.54, 1.807) is 35.1 Å². The van der Waals surface area contributed by atoms with Crippen LogP contribution in [0.25, 0.3) is 16.6 Å². The van der Waals surface area contributed by atoms with E-state index in [2.05, 4.69) is 14.5 Å². The van der Waals surface area contributed by atoms with Gasteiger partial charge in [-0.05, 0) is 36.4 Å². The van der Waals surface area contributed by atoms with E-state index in [0.29, 0.717) is 16.7 Å². The number of nitrogens with one attached hydrogen (secondary N) is 2. The number of benzene rings is 1. The standard InChI is InChI=1S/C17H17N5O6S2/c1-21-15-11-14(2-3-16(15)28-17(21)23)30(26,27)19-7-9-29(24,25)20-12-5-8-22-13(10-12)4-6-18-22/h2-6,8,10-11,19-20H,7,9H2,1H3. The summed E-state index contributed by atoms with van der Waals surface area (Å²) >= 11 is 0. The first-order chi connectivity index (χ1) is 14.1. The van der Waals surface area contributed by atoms with Crippen LogP contribution < -0.4 is 15.2 Å². The van der Waals surface area contributed by atoms with Gasteiger partial charge in [0.15, 0.2) is 5.58 Å². The van der Waals surface area contributed by atoms with E-state index in [1.807, 2.05) is 0 Å². The molecule has 0 saturated carbocycles. The van der Waals surface area contributed by atoms with E-state index in [1.165, 1.54) is 29.8 Å². The summed E-state index contributed by atoms with van der Waals surface area (Å²) in [6, 6.07) is 8.82. The second-order valence-corrected chi connectivity index (χ2v) is 10.1. The highest BCUT2D eigenvalue weighted by molar-refractivity contribution is 7.92. The molecule has 13 heteroatoms. The van der Waals surface area contributed by atoms with Crippen molar-refractivity contribution in [1.29, 1.82) is 0 Å². The number of aromatic nitrogens is 3. The van der Waals surface area contributed by atoms with Gasteiger partial charge in [-0.15, -0.1) is 0 Å². The number of anilines is 1. The lowest BCUT2D eigenvalue weighted by Gasteiger charge is -2.10. The van der Waals surface area contributed by atoms with Crippen LogP contribution in [0.4, 0.5) is 5.69 Å². The SMILES string of the molecule is Cn1c(=O)oc2ccc(S(=O)(=O)NCCS(=O)(=O)Nc3ccn4nccc4c3)cc21. The van der Waals surface area contributed by atoms with Gasteiger partial charge in [0.25, 0.3) is 0 Å². The summed E-state index contributed by atoms with van der Waals surface area (Å²) in [5.41, 5.74) is 1.62. The zero-order valence-corrected chi connectivity index (χ0v) is 17.3. The third-order valence-corrected chi connectivity index (χ3v) is 7.16. The first-order valence-electron chi connectivity index (χ1n) is 8.68. The number of rotatable bonds is 7. The van der Waals surface area contributed by atoms with Crippen molar-refractivity contribution >= 4 is 42.4 Å². The molecule has 3 heterocycles. The van der Waals surface area contributed by atoms with Crippen molar-refractivity contribution in [3.8, 4) is 0 Å². The maximum absolute atomic E-state index is 12.5. The Labute approximate surface area is 171 Å². The molecule has 4 rings (SSSR count). The number of fused-ring (bicyclic) bond motifs is 2. The minimum absolute atomic E-state index is 0.108. The highest BCUT2D eigenvalue weighted by Gasteiger charge is 2.18. The van der Waals surface area contributed by atoms with Crippen LogP contribution in [0.15, 0.2) is 62.9 Å². The fourth-order valence-electron chi connectivity index (χ4n) is 2.88. The Balaban J connectivity index is 1.44. The van der Waals surface area contributed by atoms with E-state index < -0.39 is 31.6 Å². The van der Waals surface area contributed by atoms with E-state index in [9.17, 15) is 21.6 Å². The number of aryl methyl sites for hydroxylation is 1. The highest BCUT2D eigenvalue weighted by atomic mass is 32.2. The summed E-state index contributed by atoms with van der Waals surface area (Å²) in [7, 11) is -6.33. The third-order valence-electron chi connectivity index (χ3n) is 4.41. The van der Waals surface area contributed by atoms with Crippen LogP contribution in [0.2, 0.25) is 0 Å². The molecule has 0 atom stereocenters. The quantitative estimate of drug-likeness (QED) is 0.416. The van der Waals surface area contributed by atoms with Crippen molar-refractivity contribution in [2.24, 2.45) is 7.05 Å². The summed E-state index contributed by atoms with van der Waals surface area (Å²) < 4.78 is 62.0. The van der Waals surface area contributed by atoms with Gasteiger partial charge >= 0.3 is 5.76 Å². The topological polar surface area (TPSA) is 145 Å². The maximum atomic E-state index is 12.5. The van der Waals surface area contributed by atoms with Gasteiger partial charge in [-0.2, -0.15) is 5.10 Å². The number of sulfonamides is 2. The molecule has 0 unspecified atom stereocenters. The minimum Gasteiger partial charge on any atom is -0.408 e. The Morgan fingerprint density at radius 1 is 1.10 bits per heavy atom. The number of hydrogen-bond acceptors (Lipinski definition) is 7. The molecule has 0 aliphatic carbocycles. The lowest BCUT2D eigenvalue weighted by molar-refractivity contribution is 0.528. The molecule has 3 aromatic heterocycles. The summed E-state index contributed by atoms with van der Waals surface area (Å²) in [6.07, 6.45) is 3.19. The fraction of sp³-hybridized carbons (Fsp3) is 0.176. The molecule has 0 spiro atoms. The van der Waals surface area contributed by atoms with Gasteiger partial charge in [-0.3, -0.25) is 9.29 Å². The second kappa shape index (κ2) is 7.27. The number of nitrogens with zero attached hydrogens (tertiary/aromatic N) is 3. The molecule has 11 nitrogen and oxygen atoms in total. The van der Waals surface area contributed by atoms with Gasteiger partial charge in [-0.1, -0.05) is 0 Å². The molecule has 30 heavy (non-hydrogen) atoms. The number of oxazole rings is 1. The molecule has 1 aromatic carbocycles. The monoisotopic (exact) mass is 451 g/mol. The Hall–Kier alpha value is -3.16. The first-order valence-corrected chi connectivity index (χ1v) is 11.8. The van der Waals surface area contributed by atoms with Crippen LogP contribution in [0, 0.1) is 0 Å². The van der Waals surface area contributed by atoms with Crippen LogP contribution >= 0.6 is 0 Å². The molecule has 158 valence electrons. The van der Waals surface area contributed by atoms with Crippen molar-refractivity contribution < 1.29 is 21.3 Å². The maximum Gasteiger partial charge on any atom is 0.419 e. The fourth-order valence-corrected chi connectivity index (χ4v) is 5.02. The molecule has 0 fully saturated rings. The highest BCUT2D eigenvalue weighted by Crippen LogP contribution is 2.18. The molecule has 0 saturated heterocycles. The van der Waals surface area contributed by atoms with Gasteiger partial charge in [0.2, 0.25) is 20.0 Å². The minimum atomic E-state index is -3.99. The summed E-state index contributed by atoms with van der Waals surface area (Å²) in [5.74, 6) is -1.08. The zero-order chi connectivity index (χ0) is 21.5. The van der Waals surface area contributed by atoms with E-state index in [4.69, 9.17) is 4.42 Å². The van der Waals surface area contributed by atoms with E-state index >= 15 is 0 Å². The van der Waals surface area contributed by atoms with Crippen LogP contribution in [0.3, 0.4) is 0 Å². The van der Waals surface area contributed by atoms with Crippen molar-refractivity contribution in [3.05, 3.63) is 59.3 Å². The Morgan fingerprint density at radius 2 is 1.90 bits per heavy atom. The van der Waals surface area contributed by atoms with Crippen LogP contribution in [0.1, 0.15) is 0 Å². The van der Waals surface area contributed by atoms with E-state index in [-0.39, 0.29) is 17.0 Å². The van der Waals surface area contributed by atoms with Crippen molar-refractivity contribution in [2.45, 2.75) is 4.90 Å². The van der Waals surface area contributed by atoms with Gasteiger partial charge in [0.05, 0.1) is 27.4 Å². The average Bonchev–Trinajstić information content (AvgIpc) is 3.25. The molecule has 0 radical (unpaired) electrons. The summed E-state index contributed by atoms with van der Waals surface area (Å²) in [4.78, 5) is 11.4. The van der Waals surface area contributed by atoms with Crippen molar-refractivity contribution in [2.75, 3.05) is 17.0 Å².